The molecule has 32 heavy (non-hydrogen) atoms. The molecule has 3 aromatic heterocycles. The summed E-state index contributed by atoms with van der Waals surface area (Å²) in [6.45, 7) is 4.26. The SMILES string of the molecule is CCOc1cc2nc(C3CCN(C)CC3)cn2cc1CC(=O)c1cccc(C(F)(F)F)n1. The van der Waals surface area contributed by atoms with Gasteiger partial charge < -0.3 is 14.0 Å². The Balaban J connectivity index is 1.62. The number of Topliss-reactive ketones (excluding diaryl/α,β-unsaturated/α-hetero) is 1. The summed E-state index contributed by atoms with van der Waals surface area (Å²) in [5.74, 6) is 0.369. The van der Waals surface area contributed by atoms with Crippen molar-refractivity contribution >= 4 is 11.4 Å². The average Bonchev–Trinajstić information content (AvgIpc) is 3.17. The third-order valence-electron chi connectivity index (χ3n) is 5.76. The number of hydrogen-bond donors (Lipinski definition) is 0. The molecule has 0 amide bonds. The van der Waals surface area contributed by atoms with E-state index < -0.39 is 17.7 Å². The first kappa shape index (κ1) is 22.3. The number of ketones is 1. The van der Waals surface area contributed by atoms with Crippen LogP contribution in [0.5, 0.6) is 5.75 Å². The third kappa shape index (κ3) is 4.77. The molecule has 0 radical (unpaired) electrons. The lowest BCUT2D eigenvalue weighted by Crippen LogP contribution is -2.29. The number of aromatic nitrogens is 3. The Kier molecular flexibility index (Phi) is 6.19. The van der Waals surface area contributed by atoms with Crippen molar-refractivity contribution in [1.29, 1.82) is 0 Å². The largest absolute Gasteiger partial charge is 0.493 e. The van der Waals surface area contributed by atoms with Gasteiger partial charge in [0.1, 0.15) is 22.8 Å². The Labute approximate surface area is 184 Å². The van der Waals surface area contributed by atoms with E-state index >= 15 is 0 Å². The van der Waals surface area contributed by atoms with Gasteiger partial charge in [0, 0.05) is 36.4 Å². The molecule has 4 heterocycles. The van der Waals surface area contributed by atoms with E-state index in [-0.39, 0.29) is 12.1 Å². The van der Waals surface area contributed by atoms with Crippen LogP contribution in [0.3, 0.4) is 0 Å². The highest BCUT2D eigenvalue weighted by Gasteiger charge is 2.33. The fourth-order valence-electron chi connectivity index (χ4n) is 4.01. The van der Waals surface area contributed by atoms with E-state index in [0.717, 1.165) is 43.3 Å². The fraction of sp³-hybridized carbons (Fsp3) is 0.435. The second kappa shape index (κ2) is 8.90. The molecule has 4 rings (SSSR count). The molecule has 1 aliphatic heterocycles. The number of pyridine rings is 2. The molecule has 6 nitrogen and oxygen atoms in total. The molecule has 1 saturated heterocycles. The van der Waals surface area contributed by atoms with Crippen molar-refractivity contribution in [3.05, 3.63) is 59.3 Å². The van der Waals surface area contributed by atoms with Crippen LogP contribution < -0.4 is 4.74 Å². The number of fused-ring (bicyclic) bond motifs is 1. The highest BCUT2D eigenvalue weighted by Crippen LogP contribution is 2.30. The molecule has 0 N–H and O–H groups in total. The summed E-state index contributed by atoms with van der Waals surface area (Å²) in [6, 6.07) is 5.12. The number of piperidine rings is 1. The topological polar surface area (TPSA) is 59.7 Å². The van der Waals surface area contributed by atoms with E-state index in [0.29, 0.717) is 23.8 Å². The number of ether oxygens (including phenoxy) is 1. The summed E-state index contributed by atoms with van der Waals surface area (Å²) >= 11 is 0. The minimum Gasteiger partial charge on any atom is -0.493 e. The van der Waals surface area contributed by atoms with Crippen LogP contribution in [0.2, 0.25) is 0 Å². The maximum atomic E-state index is 13.0. The monoisotopic (exact) mass is 446 g/mol. The van der Waals surface area contributed by atoms with Gasteiger partial charge in [0.05, 0.1) is 12.3 Å². The molecule has 3 aromatic rings. The molecular weight excluding hydrogens is 421 g/mol. The quantitative estimate of drug-likeness (QED) is 0.526. The lowest BCUT2D eigenvalue weighted by Gasteiger charge is -2.27. The zero-order chi connectivity index (χ0) is 22.9. The van der Waals surface area contributed by atoms with E-state index in [1.54, 1.807) is 12.3 Å². The predicted molar refractivity (Wildman–Crippen MR) is 113 cm³/mol. The van der Waals surface area contributed by atoms with Gasteiger partial charge in [-0.2, -0.15) is 13.2 Å². The maximum Gasteiger partial charge on any atom is 0.433 e. The van der Waals surface area contributed by atoms with Crippen molar-refractivity contribution in [3.63, 3.8) is 0 Å². The molecular formula is C23H25F3N4O2. The highest BCUT2D eigenvalue weighted by molar-refractivity contribution is 5.96. The van der Waals surface area contributed by atoms with Crippen LogP contribution in [0.25, 0.3) is 5.65 Å². The Morgan fingerprint density at radius 3 is 2.62 bits per heavy atom. The molecule has 0 aromatic carbocycles. The van der Waals surface area contributed by atoms with E-state index in [1.165, 1.54) is 12.1 Å². The lowest BCUT2D eigenvalue weighted by molar-refractivity contribution is -0.141. The highest BCUT2D eigenvalue weighted by atomic mass is 19.4. The third-order valence-corrected chi connectivity index (χ3v) is 5.76. The molecule has 9 heteroatoms. The van der Waals surface area contributed by atoms with E-state index in [1.807, 2.05) is 17.5 Å². The first-order valence-corrected chi connectivity index (χ1v) is 10.6. The van der Waals surface area contributed by atoms with Crippen molar-refractivity contribution in [1.82, 2.24) is 19.3 Å². The molecule has 0 spiro atoms. The molecule has 0 bridgehead atoms. The van der Waals surface area contributed by atoms with Gasteiger partial charge in [-0.05, 0) is 52.0 Å². The molecule has 170 valence electrons. The Morgan fingerprint density at radius 2 is 1.94 bits per heavy atom. The second-order valence-electron chi connectivity index (χ2n) is 8.11. The normalized spacial score (nSPS) is 15.9. The summed E-state index contributed by atoms with van der Waals surface area (Å²) < 4.78 is 46.5. The van der Waals surface area contributed by atoms with Crippen molar-refractivity contribution in [2.45, 2.75) is 38.3 Å². The van der Waals surface area contributed by atoms with E-state index in [2.05, 4.69) is 16.9 Å². The summed E-state index contributed by atoms with van der Waals surface area (Å²) in [4.78, 5) is 23.3. The van der Waals surface area contributed by atoms with Crippen molar-refractivity contribution in [2.75, 3.05) is 26.7 Å². The van der Waals surface area contributed by atoms with Crippen LogP contribution in [-0.2, 0) is 12.6 Å². The van der Waals surface area contributed by atoms with Gasteiger partial charge in [0.25, 0.3) is 0 Å². The Bertz CT molecular complexity index is 1120. The fourth-order valence-corrected chi connectivity index (χ4v) is 4.01. The maximum absolute atomic E-state index is 13.0. The number of imidazole rings is 1. The number of rotatable bonds is 6. The molecule has 0 unspecified atom stereocenters. The number of carbonyl (C=O) groups is 1. The number of likely N-dealkylation sites (tertiary alicyclic amines) is 1. The van der Waals surface area contributed by atoms with Crippen LogP contribution in [0.1, 0.15) is 53.1 Å². The Morgan fingerprint density at radius 1 is 1.19 bits per heavy atom. The first-order valence-electron chi connectivity index (χ1n) is 10.6. The van der Waals surface area contributed by atoms with Gasteiger partial charge in [-0.1, -0.05) is 6.07 Å². The van der Waals surface area contributed by atoms with Gasteiger partial charge in [-0.25, -0.2) is 9.97 Å². The summed E-state index contributed by atoms with van der Waals surface area (Å²) in [5, 5.41) is 0. The lowest BCUT2D eigenvalue weighted by atomic mass is 9.94. The second-order valence-corrected chi connectivity index (χ2v) is 8.11. The van der Waals surface area contributed by atoms with E-state index in [4.69, 9.17) is 9.72 Å². The molecule has 0 atom stereocenters. The van der Waals surface area contributed by atoms with Crippen LogP contribution in [0.4, 0.5) is 13.2 Å². The number of halogens is 3. The molecule has 0 saturated carbocycles. The van der Waals surface area contributed by atoms with Crippen LogP contribution >= 0.6 is 0 Å². The summed E-state index contributed by atoms with van der Waals surface area (Å²) in [5.41, 5.74) is 0.997. The number of nitrogens with zero attached hydrogens (tertiary/aromatic N) is 4. The van der Waals surface area contributed by atoms with Crippen molar-refractivity contribution < 1.29 is 22.7 Å². The minimum absolute atomic E-state index is 0.124. The Hall–Kier alpha value is -2.94. The van der Waals surface area contributed by atoms with Crippen LogP contribution in [-0.4, -0.2) is 51.8 Å². The van der Waals surface area contributed by atoms with Gasteiger partial charge in [0.15, 0.2) is 5.78 Å². The number of hydrogen-bond acceptors (Lipinski definition) is 5. The smallest absolute Gasteiger partial charge is 0.433 e. The molecule has 0 aliphatic carbocycles. The van der Waals surface area contributed by atoms with Crippen molar-refractivity contribution in [2.24, 2.45) is 0 Å². The van der Waals surface area contributed by atoms with Gasteiger partial charge in [-0.15, -0.1) is 0 Å². The zero-order valence-corrected chi connectivity index (χ0v) is 18.0. The van der Waals surface area contributed by atoms with Gasteiger partial charge in [-0.3, -0.25) is 4.79 Å². The summed E-state index contributed by atoms with van der Waals surface area (Å²) in [6.07, 6.45) is 1.08. The zero-order valence-electron chi connectivity index (χ0n) is 18.0. The predicted octanol–water partition coefficient (Wildman–Crippen LogP) is 4.38. The average molecular weight is 446 g/mol. The van der Waals surface area contributed by atoms with E-state index in [9.17, 15) is 18.0 Å². The minimum atomic E-state index is -4.60. The number of carbonyl (C=O) groups excluding carboxylic acids is 1. The van der Waals surface area contributed by atoms with Crippen LogP contribution in [0, 0.1) is 0 Å². The molecule has 1 fully saturated rings. The number of alkyl halides is 3. The standard InChI is InChI=1S/C23H25F3N4O2/c1-3-32-20-12-22-28-18(15-7-9-29(2)10-8-15)14-30(22)13-16(20)11-19(31)17-5-4-6-21(27-17)23(24,25)26/h4-6,12-15H,3,7-11H2,1-2H3. The van der Waals surface area contributed by atoms with Gasteiger partial charge >= 0.3 is 6.18 Å². The summed E-state index contributed by atoms with van der Waals surface area (Å²) in [7, 11) is 2.11. The van der Waals surface area contributed by atoms with Gasteiger partial charge in [0.2, 0.25) is 0 Å². The van der Waals surface area contributed by atoms with Crippen LogP contribution in [0.15, 0.2) is 36.7 Å². The first-order chi connectivity index (χ1) is 15.2. The molecule has 1 aliphatic rings. The van der Waals surface area contributed by atoms with Crippen molar-refractivity contribution in [3.8, 4) is 5.75 Å².